The van der Waals surface area contributed by atoms with Gasteiger partial charge in [-0.1, -0.05) is 6.92 Å². The topological polar surface area (TPSA) is 41.8 Å². The standard InChI is InChI=1S/C9H19NO2/c1-5-8(2)12-9(3,4)6-7-10-11/h7-8,11H,5-6H2,1-4H3. The predicted octanol–water partition coefficient (Wildman–Crippen LogP) is 2.43. The molecule has 1 N–H and O–H groups in total. The highest BCUT2D eigenvalue weighted by molar-refractivity contribution is 5.57. The first-order valence-corrected chi connectivity index (χ1v) is 4.35. The minimum absolute atomic E-state index is 0.234. The van der Waals surface area contributed by atoms with Crippen LogP contribution >= 0.6 is 0 Å². The predicted molar refractivity (Wildman–Crippen MR) is 49.8 cm³/mol. The zero-order valence-electron chi connectivity index (χ0n) is 8.37. The van der Waals surface area contributed by atoms with E-state index in [1.54, 1.807) is 0 Å². The number of oxime groups is 1. The van der Waals surface area contributed by atoms with Gasteiger partial charge in [-0.05, 0) is 27.2 Å². The van der Waals surface area contributed by atoms with E-state index in [1.165, 1.54) is 6.21 Å². The second-order valence-corrected chi connectivity index (χ2v) is 3.60. The zero-order chi connectivity index (χ0) is 9.61. The van der Waals surface area contributed by atoms with Crippen LogP contribution in [0.15, 0.2) is 5.16 Å². The molecule has 0 saturated heterocycles. The summed E-state index contributed by atoms with van der Waals surface area (Å²) in [6.07, 6.45) is 3.35. The van der Waals surface area contributed by atoms with E-state index >= 15 is 0 Å². The van der Waals surface area contributed by atoms with Gasteiger partial charge in [0, 0.05) is 12.6 Å². The number of hydrogen-bond acceptors (Lipinski definition) is 3. The van der Waals surface area contributed by atoms with Crippen molar-refractivity contribution in [3.05, 3.63) is 0 Å². The molecule has 0 aromatic heterocycles. The van der Waals surface area contributed by atoms with Crippen molar-refractivity contribution < 1.29 is 9.94 Å². The van der Waals surface area contributed by atoms with E-state index in [9.17, 15) is 0 Å². The fourth-order valence-electron chi connectivity index (χ4n) is 0.937. The SMILES string of the molecule is CCC(C)OC(C)(C)CC=NO. The molecule has 3 heteroatoms. The van der Waals surface area contributed by atoms with Crippen LogP contribution < -0.4 is 0 Å². The van der Waals surface area contributed by atoms with Gasteiger partial charge in [0.1, 0.15) is 0 Å². The quantitative estimate of drug-likeness (QED) is 0.394. The minimum atomic E-state index is -0.234. The van der Waals surface area contributed by atoms with Crippen LogP contribution in [0.25, 0.3) is 0 Å². The fourth-order valence-corrected chi connectivity index (χ4v) is 0.937. The molecule has 1 atom stereocenters. The average molecular weight is 173 g/mol. The van der Waals surface area contributed by atoms with E-state index in [0.29, 0.717) is 6.42 Å². The van der Waals surface area contributed by atoms with E-state index in [0.717, 1.165) is 6.42 Å². The lowest BCUT2D eigenvalue weighted by Crippen LogP contribution is -2.29. The third kappa shape index (κ3) is 5.13. The van der Waals surface area contributed by atoms with E-state index in [-0.39, 0.29) is 11.7 Å². The van der Waals surface area contributed by atoms with Gasteiger partial charge in [-0.25, -0.2) is 0 Å². The maximum atomic E-state index is 8.23. The Morgan fingerprint density at radius 2 is 2.17 bits per heavy atom. The van der Waals surface area contributed by atoms with Gasteiger partial charge in [0.15, 0.2) is 0 Å². The molecule has 0 aliphatic carbocycles. The minimum Gasteiger partial charge on any atom is -0.411 e. The van der Waals surface area contributed by atoms with Crippen LogP contribution in [0.1, 0.15) is 40.5 Å². The summed E-state index contributed by atoms with van der Waals surface area (Å²) < 4.78 is 5.69. The molecule has 0 spiro atoms. The lowest BCUT2D eigenvalue weighted by Gasteiger charge is -2.27. The highest BCUT2D eigenvalue weighted by atomic mass is 16.5. The Morgan fingerprint density at radius 3 is 2.58 bits per heavy atom. The van der Waals surface area contributed by atoms with Crippen molar-refractivity contribution in [2.24, 2.45) is 5.16 Å². The van der Waals surface area contributed by atoms with Crippen molar-refractivity contribution in [1.82, 2.24) is 0 Å². The summed E-state index contributed by atoms with van der Waals surface area (Å²) in [6.45, 7) is 8.10. The number of rotatable bonds is 5. The number of ether oxygens (including phenoxy) is 1. The Balaban J connectivity index is 3.85. The molecule has 0 aliphatic heterocycles. The normalized spacial score (nSPS) is 15.3. The lowest BCUT2D eigenvalue weighted by molar-refractivity contribution is -0.0593. The highest BCUT2D eigenvalue weighted by Gasteiger charge is 2.19. The Bertz CT molecular complexity index is 143. The molecule has 0 aromatic rings. The van der Waals surface area contributed by atoms with E-state index in [2.05, 4.69) is 12.1 Å². The maximum Gasteiger partial charge on any atom is 0.0680 e. The van der Waals surface area contributed by atoms with Crippen LogP contribution in [0.2, 0.25) is 0 Å². The molecule has 0 fully saturated rings. The number of nitrogens with zero attached hydrogens (tertiary/aromatic N) is 1. The van der Waals surface area contributed by atoms with Crippen molar-refractivity contribution in [1.29, 1.82) is 0 Å². The zero-order valence-corrected chi connectivity index (χ0v) is 8.37. The highest BCUT2D eigenvalue weighted by Crippen LogP contribution is 2.16. The third-order valence-electron chi connectivity index (χ3n) is 1.76. The Labute approximate surface area is 74.4 Å². The van der Waals surface area contributed by atoms with Gasteiger partial charge in [-0.15, -0.1) is 5.16 Å². The summed E-state index contributed by atoms with van der Waals surface area (Å²) in [7, 11) is 0. The van der Waals surface area contributed by atoms with Gasteiger partial charge in [-0.3, -0.25) is 0 Å². The molecule has 72 valence electrons. The summed E-state index contributed by atoms with van der Waals surface area (Å²) in [6, 6.07) is 0. The molecule has 0 rings (SSSR count). The Kier molecular flexibility index (Phi) is 4.90. The molecule has 0 radical (unpaired) electrons. The van der Waals surface area contributed by atoms with Crippen LogP contribution in [0.4, 0.5) is 0 Å². The van der Waals surface area contributed by atoms with Crippen LogP contribution in [0, 0.1) is 0 Å². The van der Waals surface area contributed by atoms with E-state index < -0.39 is 0 Å². The van der Waals surface area contributed by atoms with Gasteiger partial charge < -0.3 is 9.94 Å². The largest absolute Gasteiger partial charge is 0.411 e. The van der Waals surface area contributed by atoms with E-state index in [1.807, 2.05) is 20.8 Å². The first-order chi connectivity index (χ1) is 5.52. The van der Waals surface area contributed by atoms with Crippen molar-refractivity contribution >= 4 is 6.21 Å². The van der Waals surface area contributed by atoms with Crippen LogP contribution in [0.5, 0.6) is 0 Å². The second-order valence-electron chi connectivity index (χ2n) is 3.60. The van der Waals surface area contributed by atoms with Gasteiger partial charge in [0.05, 0.1) is 11.7 Å². The van der Waals surface area contributed by atoms with Crippen LogP contribution in [0.3, 0.4) is 0 Å². The van der Waals surface area contributed by atoms with Gasteiger partial charge >= 0.3 is 0 Å². The summed E-state index contributed by atoms with van der Waals surface area (Å²) in [5, 5.41) is 11.2. The Hall–Kier alpha value is -0.570. The maximum absolute atomic E-state index is 8.23. The molecule has 0 heterocycles. The summed E-state index contributed by atoms with van der Waals surface area (Å²) >= 11 is 0. The lowest BCUT2D eigenvalue weighted by atomic mass is 10.1. The van der Waals surface area contributed by atoms with Crippen LogP contribution in [-0.2, 0) is 4.74 Å². The van der Waals surface area contributed by atoms with Gasteiger partial charge in [-0.2, -0.15) is 0 Å². The fraction of sp³-hybridized carbons (Fsp3) is 0.889. The summed E-state index contributed by atoms with van der Waals surface area (Å²) in [5.41, 5.74) is -0.234. The van der Waals surface area contributed by atoms with Crippen molar-refractivity contribution in [2.75, 3.05) is 0 Å². The van der Waals surface area contributed by atoms with Crippen molar-refractivity contribution in [3.8, 4) is 0 Å². The van der Waals surface area contributed by atoms with Gasteiger partial charge in [0.25, 0.3) is 0 Å². The molecule has 0 aliphatic rings. The molecule has 3 nitrogen and oxygen atoms in total. The number of hydrogen-bond donors (Lipinski definition) is 1. The van der Waals surface area contributed by atoms with Crippen molar-refractivity contribution in [3.63, 3.8) is 0 Å². The molecule has 12 heavy (non-hydrogen) atoms. The molecule has 0 amide bonds. The second kappa shape index (κ2) is 5.14. The molecule has 0 aromatic carbocycles. The average Bonchev–Trinajstić information content (AvgIpc) is 2.00. The molecule has 0 saturated carbocycles. The third-order valence-corrected chi connectivity index (χ3v) is 1.76. The van der Waals surface area contributed by atoms with Crippen molar-refractivity contribution in [2.45, 2.75) is 52.2 Å². The smallest absolute Gasteiger partial charge is 0.0680 e. The van der Waals surface area contributed by atoms with Gasteiger partial charge in [0.2, 0.25) is 0 Å². The summed E-state index contributed by atoms with van der Waals surface area (Å²) in [4.78, 5) is 0. The molecule has 1 unspecified atom stereocenters. The molecular weight excluding hydrogens is 154 g/mol. The first kappa shape index (κ1) is 11.4. The monoisotopic (exact) mass is 173 g/mol. The van der Waals surface area contributed by atoms with Crippen LogP contribution in [-0.4, -0.2) is 23.1 Å². The Morgan fingerprint density at radius 1 is 1.58 bits per heavy atom. The van der Waals surface area contributed by atoms with E-state index in [4.69, 9.17) is 9.94 Å². The molecular formula is C9H19NO2. The summed E-state index contributed by atoms with van der Waals surface area (Å²) in [5.74, 6) is 0. The molecule has 0 bridgehead atoms. The first-order valence-electron chi connectivity index (χ1n) is 4.35.